The Bertz CT molecular complexity index is 830. The van der Waals surface area contributed by atoms with E-state index in [4.69, 9.17) is 23.2 Å². The number of carbonyl (C=O) groups is 1. The van der Waals surface area contributed by atoms with Crippen LogP contribution in [-0.2, 0) is 12.7 Å². The number of urea groups is 1. The van der Waals surface area contributed by atoms with Crippen LogP contribution in [0.15, 0.2) is 30.3 Å². The van der Waals surface area contributed by atoms with E-state index in [1.807, 2.05) is 0 Å². The molecule has 2 amide bonds. The second-order valence-electron chi connectivity index (χ2n) is 5.33. The normalized spacial score (nSPS) is 11.3. The molecule has 0 spiro atoms. The van der Waals surface area contributed by atoms with Gasteiger partial charge in [0.15, 0.2) is 5.75 Å². The molecule has 0 heterocycles. The molecule has 0 bridgehead atoms. The van der Waals surface area contributed by atoms with E-state index >= 15 is 0 Å². The molecule has 2 rings (SSSR count). The van der Waals surface area contributed by atoms with Crippen LogP contribution in [0.2, 0.25) is 10.0 Å². The zero-order chi connectivity index (χ0) is 19.6. The van der Waals surface area contributed by atoms with Crippen molar-refractivity contribution in [3.05, 3.63) is 57.1 Å². The first kappa shape index (κ1) is 20.5. The minimum atomic E-state index is -4.43. The molecule has 4 nitrogen and oxygen atoms in total. The fourth-order valence-electron chi connectivity index (χ4n) is 2.03. The van der Waals surface area contributed by atoms with Gasteiger partial charge in [-0.05, 0) is 36.2 Å². The highest BCUT2D eigenvalue weighted by atomic mass is 35.5. The van der Waals surface area contributed by atoms with E-state index in [2.05, 4.69) is 18.1 Å². The molecule has 2 aromatic rings. The van der Waals surface area contributed by atoms with E-state index < -0.39 is 17.8 Å². The second-order valence-corrected chi connectivity index (χ2v) is 6.52. The number of carbonyl (C=O) groups excluding carboxylic acids is 1. The lowest BCUT2D eigenvalue weighted by molar-refractivity contribution is -0.137. The number of halogens is 5. The summed E-state index contributed by atoms with van der Waals surface area (Å²) in [6.45, 7) is 1.56. The highest BCUT2D eigenvalue weighted by Gasteiger charge is 2.30. The monoisotopic (exact) mass is 424 g/mol. The molecule has 0 aromatic heterocycles. The van der Waals surface area contributed by atoms with E-state index in [0.29, 0.717) is 11.1 Å². The molecule has 0 radical (unpaired) electrons. The Labute approximate surface area is 163 Å². The largest absolute Gasteiger partial charge is 0.504 e. The van der Waals surface area contributed by atoms with Crippen LogP contribution in [0, 0.1) is 6.92 Å². The molecule has 0 aliphatic heterocycles. The van der Waals surface area contributed by atoms with Gasteiger partial charge >= 0.3 is 12.2 Å². The highest BCUT2D eigenvalue weighted by Crippen LogP contribution is 2.41. The summed E-state index contributed by atoms with van der Waals surface area (Å²) in [5.74, 6) is -0.367. The van der Waals surface area contributed by atoms with E-state index in [-0.39, 0.29) is 28.0 Å². The summed E-state index contributed by atoms with van der Waals surface area (Å²) in [6.07, 6.45) is -4.43. The lowest BCUT2D eigenvalue weighted by atomic mass is 10.1. The summed E-state index contributed by atoms with van der Waals surface area (Å²) in [6, 6.07) is 4.95. The average molecular weight is 425 g/mol. The molecule has 0 saturated heterocycles. The minimum absolute atomic E-state index is 0.0120. The van der Waals surface area contributed by atoms with E-state index in [1.54, 1.807) is 6.92 Å². The van der Waals surface area contributed by atoms with Gasteiger partial charge in [0.25, 0.3) is 0 Å². The fraction of sp³-hybridized carbons (Fsp3) is 0.188. The number of hydrogen-bond donors (Lipinski definition) is 3. The van der Waals surface area contributed by atoms with Gasteiger partial charge in [-0.15, -0.1) is 0 Å². The second kappa shape index (κ2) is 7.85. The number of aromatic hydroxyl groups is 1. The molecular formula is C16H13Cl2F3N2O2S. The van der Waals surface area contributed by atoms with Crippen molar-refractivity contribution in [2.75, 3.05) is 4.31 Å². The quantitative estimate of drug-likeness (QED) is 0.562. The van der Waals surface area contributed by atoms with Crippen molar-refractivity contribution in [1.82, 2.24) is 5.32 Å². The lowest BCUT2D eigenvalue weighted by Crippen LogP contribution is -2.33. The predicted molar refractivity (Wildman–Crippen MR) is 98.0 cm³/mol. The zero-order valence-electron chi connectivity index (χ0n) is 13.2. The van der Waals surface area contributed by atoms with Gasteiger partial charge in [-0.3, -0.25) is 0 Å². The maximum absolute atomic E-state index is 12.5. The smallest absolute Gasteiger partial charge is 0.416 e. The molecule has 2 aromatic carbocycles. The van der Waals surface area contributed by atoms with Crippen LogP contribution in [0.1, 0.15) is 16.7 Å². The number of amides is 2. The number of rotatable bonds is 3. The first-order chi connectivity index (χ1) is 12.0. The van der Waals surface area contributed by atoms with Crippen molar-refractivity contribution in [3.63, 3.8) is 0 Å². The van der Waals surface area contributed by atoms with Crippen LogP contribution < -0.4 is 9.62 Å². The number of phenolic OH excluding ortho intramolecular Hbond substituents is 1. The lowest BCUT2D eigenvalue weighted by Gasteiger charge is -2.19. The molecule has 0 fully saturated rings. The third-order valence-corrected chi connectivity index (χ3v) is 4.80. The number of phenols is 1. The molecular weight excluding hydrogens is 412 g/mol. The van der Waals surface area contributed by atoms with Crippen molar-refractivity contribution in [3.8, 4) is 5.75 Å². The number of anilines is 1. The summed E-state index contributed by atoms with van der Waals surface area (Å²) in [5.41, 5.74) is 0.0925. The number of thiol groups is 1. The molecule has 0 aliphatic carbocycles. The van der Waals surface area contributed by atoms with Gasteiger partial charge in [-0.1, -0.05) is 48.1 Å². The third kappa shape index (κ3) is 4.49. The number of hydrogen-bond acceptors (Lipinski definition) is 3. The molecule has 140 valence electrons. The SMILES string of the molecule is Cc1c(Cl)cc(N(S)C(=O)NCc2ccc(C(F)(F)F)cc2)c(O)c1Cl. The Morgan fingerprint density at radius 3 is 2.38 bits per heavy atom. The summed E-state index contributed by atoms with van der Waals surface area (Å²) >= 11 is 15.9. The van der Waals surface area contributed by atoms with Crippen LogP contribution in [0.4, 0.5) is 23.7 Å². The summed E-state index contributed by atoms with van der Waals surface area (Å²) in [4.78, 5) is 12.2. The Kier molecular flexibility index (Phi) is 6.21. The van der Waals surface area contributed by atoms with Gasteiger partial charge in [0.05, 0.1) is 10.6 Å². The summed E-state index contributed by atoms with van der Waals surface area (Å²) in [7, 11) is 0. The Morgan fingerprint density at radius 2 is 1.85 bits per heavy atom. The number of benzene rings is 2. The molecule has 0 aliphatic rings. The summed E-state index contributed by atoms with van der Waals surface area (Å²) < 4.78 is 38.4. The Morgan fingerprint density at radius 1 is 1.27 bits per heavy atom. The van der Waals surface area contributed by atoms with Crippen LogP contribution in [0.25, 0.3) is 0 Å². The first-order valence-electron chi connectivity index (χ1n) is 7.13. The van der Waals surface area contributed by atoms with Gasteiger partial charge < -0.3 is 10.4 Å². The topological polar surface area (TPSA) is 52.6 Å². The van der Waals surface area contributed by atoms with Gasteiger partial charge in [-0.25, -0.2) is 9.10 Å². The summed E-state index contributed by atoms with van der Waals surface area (Å²) in [5, 5.41) is 12.7. The van der Waals surface area contributed by atoms with Crippen LogP contribution in [-0.4, -0.2) is 11.1 Å². The van der Waals surface area contributed by atoms with E-state index in [0.717, 1.165) is 16.4 Å². The average Bonchev–Trinajstić information content (AvgIpc) is 2.60. The fourth-order valence-corrected chi connectivity index (χ4v) is 2.69. The van der Waals surface area contributed by atoms with Gasteiger partial charge in [0, 0.05) is 11.6 Å². The number of nitrogens with zero attached hydrogens (tertiary/aromatic N) is 1. The molecule has 10 heteroatoms. The van der Waals surface area contributed by atoms with Crippen molar-refractivity contribution in [2.24, 2.45) is 0 Å². The van der Waals surface area contributed by atoms with E-state index in [9.17, 15) is 23.1 Å². The first-order valence-corrected chi connectivity index (χ1v) is 8.28. The third-order valence-electron chi connectivity index (χ3n) is 3.55. The molecule has 2 N–H and O–H groups in total. The van der Waals surface area contributed by atoms with Crippen LogP contribution in [0.3, 0.4) is 0 Å². The highest BCUT2D eigenvalue weighted by molar-refractivity contribution is 7.82. The minimum Gasteiger partial charge on any atom is -0.504 e. The van der Waals surface area contributed by atoms with Crippen molar-refractivity contribution >= 4 is 47.7 Å². The maximum atomic E-state index is 12.5. The van der Waals surface area contributed by atoms with Crippen molar-refractivity contribution < 1.29 is 23.1 Å². The van der Waals surface area contributed by atoms with Gasteiger partial charge in [0.2, 0.25) is 0 Å². The number of nitrogens with one attached hydrogen (secondary N) is 1. The molecule has 0 saturated carbocycles. The van der Waals surface area contributed by atoms with Gasteiger partial charge in [0.1, 0.15) is 5.69 Å². The number of alkyl halides is 3. The van der Waals surface area contributed by atoms with Crippen LogP contribution >= 0.6 is 36.0 Å². The van der Waals surface area contributed by atoms with Crippen LogP contribution in [0.5, 0.6) is 5.75 Å². The zero-order valence-corrected chi connectivity index (χ0v) is 15.6. The van der Waals surface area contributed by atoms with Gasteiger partial charge in [-0.2, -0.15) is 13.2 Å². The molecule has 0 unspecified atom stereocenters. The van der Waals surface area contributed by atoms with Crippen molar-refractivity contribution in [2.45, 2.75) is 19.6 Å². The predicted octanol–water partition coefficient (Wildman–Crippen LogP) is 5.59. The van der Waals surface area contributed by atoms with E-state index in [1.165, 1.54) is 18.2 Å². The molecule has 0 atom stereocenters. The maximum Gasteiger partial charge on any atom is 0.416 e. The molecule has 26 heavy (non-hydrogen) atoms. The Hall–Kier alpha value is -1.77. The van der Waals surface area contributed by atoms with Crippen molar-refractivity contribution in [1.29, 1.82) is 0 Å². The standard InChI is InChI=1S/C16H13Cl2F3N2O2S/c1-8-11(17)6-12(14(24)13(8)18)23(26)15(25)22-7-9-2-4-10(5-3-9)16(19,20)21/h2-6,24,26H,7H2,1H3,(H,22,25). The Balaban J connectivity index is 2.09.